The summed E-state index contributed by atoms with van der Waals surface area (Å²) in [5.74, 6) is -0.128. The first-order valence-electron chi connectivity index (χ1n) is 8.83. The summed E-state index contributed by atoms with van der Waals surface area (Å²) in [5, 5.41) is 3.62. The fraction of sp³-hybridized carbons (Fsp3) is 0.333. The minimum Gasteiger partial charge on any atom is -0.347 e. The number of amides is 1. The molecule has 1 aromatic carbocycles. The summed E-state index contributed by atoms with van der Waals surface area (Å²) in [4.78, 5) is 17.3. The van der Waals surface area contributed by atoms with Crippen molar-refractivity contribution in [3.8, 4) is 0 Å². The molecule has 0 saturated heterocycles. The third-order valence-electron chi connectivity index (χ3n) is 4.48. The Bertz CT molecular complexity index is 936. The first-order valence-corrected chi connectivity index (χ1v) is 9.21. The molecule has 1 amide bonds. The number of carbonyl (C=O) groups excluding carboxylic acids is 1. The Kier molecular flexibility index (Phi) is 5.05. The van der Waals surface area contributed by atoms with Crippen LogP contribution in [0.4, 0.5) is 0 Å². The highest BCUT2D eigenvalue weighted by Crippen LogP contribution is 2.22. The van der Waals surface area contributed by atoms with Crippen LogP contribution in [-0.2, 0) is 18.4 Å². The second-order valence-corrected chi connectivity index (χ2v) is 7.90. The molecule has 3 rings (SSSR count). The SMILES string of the molecule is CCc1nc2cc(Cl)ccn2c1C(=O)NCc1ccc(C(C)(C)C)cc1. The third kappa shape index (κ3) is 3.75. The van der Waals surface area contributed by atoms with Gasteiger partial charge in [0.25, 0.3) is 5.91 Å². The molecule has 0 unspecified atom stereocenters. The second-order valence-electron chi connectivity index (χ2n) is 7.46. The number of benzene rings is 1. The average molecular weight is 370 g/mol. The van der Waals surface area contributed by atoms with Crippen molar-refractivity contribution in [2.24, 2.45) is 0 Å². The standard InChI is InChI=1S/C21H24ClN3O/c1-5-17-19(25-11-10-16(22)12-18(25)24-17)20(26)23-13-14-6-8-15(9-7-14)21(2,3)4/h6-12H,5,13H2,1-4H3,(H,23,26). The summed E-state index contributed by atoms with van der Waals surface area (Å²) in [5.41, 5.74) is 4.50. The Morgan fingerprint density at radius 2 is 1.88 bits per heavy atom. The van der Waals surface area contributed by atoms with Crippen LogP contribution in [0.25, 0.3) is 5.65 Å². The lowest BCUT2D eigenvalue weighted by molar-refractivity contribution is 0.0944. The van der Waals surface area contributed by atoms with Gasteiger partial charge in [-0.3, -0.25) is 9.20 Å². The third-order valence-corrected chi connectivity index (χ3v) is 4.72. The molecule has 0 aliphatic carbocycles. The van der Waals surface area contributed by atoms with E-state index in [9.17, 15) is 4.79 Å². The van der Waals surface area contributed by atoms with Crippen LogP contribution in [-0.4, -0.2) is 15.3 Å². The van der Waals surface area contributed by atoms with Crippen LogP contribution < -0.4 is 5.32 Å². The molecular formula is C21H24ClN3O. The van der Waals surface area contributed by atoms with E-state index in [2.05, 4.69) is 55.3 Å². The highest BCUT2D eigenvalue weighted by molar-refractivity contribution is 6.30. The van der Waals surface area contributed by atoms with E-state index in [-0.39, 0.29) is 11.3 Å². The maximum absolute atomic E-state index is 12.8. The summed E-state index contributed by atoms with van der Waals surface area (Å²) < 4.78 is 1.79. The van der Waals surface area contributed by atoms with Gasteiger partial charge >= 0.3 is 0 Å². The van der Waals surface area contributed by atoms with Crippen LogP contribution in [0.5, 0.6) is 0 Å². The molecule has 1 N–H and O–H groups in total. The van der Waals surface area contributed by atoms with Gasteiger partial charge in [-0.05, 0) is 29.0 Å². The number of imidazole rings is 1. The average Bonchev–Trinajstić information content (AvgIpc) is 2.97. The molecule has 5 heteroatoms. The van der Waals surface area contributed by atoms with Crippen molar-refractivity contribution in [2.75, 3.05) is 0 Å². The number of carbonyl (C=O) groups is 1. The van der Waals surface area contributed by atoms with E-state index < -0.39 is 0 Å². The van der Waals surface area contributed by atoms with Crippen molar-refractivity contribution < 1.29 is 4.79 Å². The van der Waals surface area contributed by atoms with Gasteiger partial charge < -0.3 is 5.32 Å². The molecule has 0 aliphatic rings. The van der Waals surface area contributed by atoms with Crippen molar-refractivity contribution in [2.45, 2.75) is 46.1 Å². The normalized spacial score (nSPS) is 11.7. The number of pyridine rings is 1. The van der Waals surface area contributed by atoms with Crippen LogP contribution in [0.15, 0.2) is 42.6 Å². The molecule has 26 heavy (non-hydrogen) atoms. The molecule has 2 heterocycles. The van der Waals surface area contributed by atoms with E-state index in [1.165, 1.54) is 5.56 Å². The molecular weight excluding hydrogens is 346 g/mol. The van der Waals surface area contributed by atoms with Gasteiger partial charge in [-0.2, -0.15) is 0 Å². The largest absolute Gasteiger partial charge is 0.347 e. The lowest BCUT2D eigenvalue weighted by Gasteiger charge is -2.19. The Balaban J connectivity index is 1.79. The van der Waals surface area contributed by atoms with Gasteiger partial charge in [0, 0.05) is 23.8 Å². The zero-order chi connectivity index (χ0) is 18.9. The van der Waals surface area contributed by atoms with Gasteiger partial charge in [-0.1, -0.05) is 63.6 Å². The number of hydrogen-bond acceptors (Lipinski definition) is 2. The summed E-state index contributed by atoms with van der Waals surface area (Å²) in [6, 6.07) is 11.9. The van der Waals surface area contributed by atoms with Gasteiger partial charge in [-0.15, -0.1) is 0 Å². The first-order chi connectivity index (χ1) is 12.3. The van der Waals surface area contributed by atoms with Crippen molar-refractivity contribution >= 4 is 23.2 Å². The van der Waals surface area contributed by atoms with E-state index in [1.807, 2.05) is 6.92 Å². The number of nitrogens with one attached hydrogen (secondary N) is 1. The van der Waals surface area contributed by atoms with Gasteiger partial charge in [-0.25, -0.2) is 4.98 Å². The van der Waals surface area contributed by atoms with Crippen molar-refractivity contribution in [3.63, 3.8) is 0 Å². The van der Waals surface area contributed by atoms with Crippen LogP contribution in [0, 0.1) is 0 Å². The molecule has 3 aromatic rings. The van der Waals surface area contributed by atoms with Crippen LogP contribution >= 0.6 is 11.6 Å². The predicted octanol–water partition coefficient (Wildman–Crippen LogP) is 4.78. The first kappa shape index (κ1) is 18.5. The molecule has 0 atom stereocenters. The van der Waals surface area contributed by atoms with E-state index in [0.29, 0.717) is 29.3 Å². The van der Waals surface area contributed by atoms with E-state index >= 15 is 0 Å². The van der Waals surface area contributed by atoms with E-state index in [1.54, 1.807) is 22.7 Å². The maximum atomic E-state index is 12.8. The molecule has 136 valence electrons. The lowest BCUT2D eigenvalue weighted by atomic mass is 9.87. The summed E-state index contributed by atoms with van der Waals surface area (Å²) in [6.07, 6.45) is 2.47. The number of nitrogens with zero attached hydrogens (tertiary/aromatic N) is 2. The number of fused-ring (bicyclic) bond motifs is 1. The summed E-state index contributed by atoms with van der Waals surface area (Å²) in [6.45, 7) is 9.03. The minimum absolute atomic E-state index is 0.121. The zero-order valence-corrected chi connectivity index (χ0v) is 16.4. The van der Waals surface area contributed by atoms with Gasteiger partial charge in [0.2, 0.25) is 0 Å². The highest BCUT2D eigenvalue weighted by atomic mass is 35.5. The van der Waals surface area contributed by atoms with Crippen LogP contribution in [0.2, 0.25) is 5.02 Å². The number of aryl methyl sites for hydroxylation is 1. The Morgan fingerprint density at radius 3 is 2.50 bits per heavy atom. The smallest absolute Gasteiger partial charge is 0.270 e. The minimum atomic E-state index is -0.128. The number of hydrogen-bond donors (Lipinski definition) is 1. The van der Waals surface area contributed by atoms with E-state index in [0.717, 1.165) is 11.3 Å². The van der Waals surface area contributed by atoms with Crippen LogP contribution in [0.3, 0.4) is 0 Å². The van der Waals surface area contributed by atoms with Crippen molar-refractivity contribution in [1.29, 1.82) is 0 Å². The molecule has 0 saturated carbocycles. The number of aromatic nitrogens is 2. The second kappa shape index (κ2) is 7.12. The number of halogens is 1. The zero-order valence-electron chi connectivity index (χ0n) is 15.6. The monoisotopic (exact) mass is 369 g/mol. The lowest BCUT2D eigenvalue weighted by Crippen LogP contribution is -2.25. The highest BCUT2D eigenvalue weighted by Gasteiger charge is 2.18. The Hall–Kier alpha value is -2.33. The quantitative estimate of drug-likeness (QED) is 0.719. The van der Waals surface area contributed by atoms with Crippen molar-refractivity contribution in [1.82, 2.24) is 14.7 Å². The fourth-order valence-corrected chi connectivity index (χ4v) is 3.10. The molecule has 4 nitrogen and oxygen atoms in total. The molecule has 0 aliphatic heterocycles. The van der Waals surface area contributed by atoms with Crippen LogP contribution in [0.1, 0.15) is 55.0 Å². The fourth-order valence-electron chi connectivity index (χ4n) is 2.94. The summed E-state index contributed by atoms with van der Waals surface area (Å²) >= 11 is 6.04. The molecule has 0 fully saturated rings. The predicted molar refractivity (Wildman–Crippen MR) is 106 cm³/mol. The van der Waals surface area contributed by atoms with Gasteiger partial charge in [0.05, 0.1) is 5.69 Å². The summed E-state index contributed by atoms with van der Waals surface area (Å²) in [7, 11) is 0. The molecule has 0 spiro atoms. The Morgan fingerprint density at radius 1 is 1.19 bits per heavy atom. The van der Waals surface area contributed by atoms with Gasteiger partial charge in [0.1, 0.15) is 11.3 Å². The van der Waals surface area contributed by atoms with Gasteiger partial charge in [0.15, 0.2) is 0 Å². The molecule has 2 aromatic heterocycles. The Labute approximate surface area is 159 Å². The topological polar surface area (TPSA) is 46.4 Å². The molecule has 0 bridgehead atoms. The molecule has 0 radical (unpaired) electrons. The van der Waals surface area contributed by atoms with Crippen molar-refractivity contribution in [3.05, 3.63) is 70.1 Å². The number of rotatable bonds is 4. The van der Waals surface area contributed by atoms with E-state index in [4.69, 9.17) is 11.6 Å². The maximum Gasteiger partial charge on any atom is 0.270 e.